The normalized spacial score (nSPS) is 14.7. The van der Waals surface area contributed by atoms with Crippen molar-refractivity contribution in [3.63, 3.8) is 0 Å². The van der Waals surface area contributed by atoms with Gasteiger partial charge in [-0.25, -0.2) is 4.79 Å². The highest BCUT2D eigenvalue weighted by molar-refractivity contribution is 6.02. The third kappa shape index (κ3) is 8.63. The minimum atomic E-state index is -0.900. The van der Waals surface area contributed by atoms with Crippen LogP contribution >= 0.6 is 0 Å². The number of amides is 2. The number of hydrogen-bond donors (Lipinski definition) is 3. The number of aliphatic carboxylic acids is 1. The molecule has 1 unspecified atom stereocenters. The number of hydrogen-bond acceptors (Lipinski definition) is 6. The molecule has 2 amide bonds. The lowest BCUT2D eigenvalue weighted by Gasteiger charge is -2.38. The smallest absolute Gasteiger partial charge is 0.323 e. The molecule has 3 N–H and O–H groups in total. The average Bonchev–Trinajstić information content (AvgIpc) is 2.88. The average molecular weight is 528 g/mol. The summed E-state index contributed by atoms with van der Waals surface area (Å²) >= 11 is 0. The Morgan fingerprint density at radius 2 is 1.82 bits per heavy atom. The van der Waals surface area contributed by atoms with E-state index >= 15 is 0 Å². The molecule has 1 fully saturated rings. The molecule has 9 nitrogen and oxygen atoms in total. The number of benzene rings is 2. The molecule has 38 heavy (non-hydrogen) atoms. The van der Waals surface area contributed by atoms with Gasteiger partial charge < -0.3 is 34.9 Å². The van der Waals surface area contributed by atoms with E-state index in [0.29, 0.717) is 37.1 Å². The van der Waals surface area contributed by atoms with E-state index in [-0.39, 0.29) is 31.0 Å². The Kier molecular flexibility index (Phi) is 11.2. The second-order valence-corrected chi connectivity index (χ2v) is 9.95. The van der Waals surface area contributed by atoms with Gasteiger partial charge in [-0.15, -0.1) is 0 Å². The Balaban J connectivity index is 1.94. The zero-order chi connectivity index (χ0) is 27.5. The van der Waals surface area contributed by atoms with Crippen molar-refractivity contribution in [2.45, 2.75) is 52.0 Å². The molecular weight excluding hydrogens is 486 g/mol. The van der Waals surface area contributed by atoms with E-state index in [1.165, 1.54) is 0 Å². The largest absolute Gasteiger partial charge is 0.494 e. The third-order valence-corrected chi connectivity index (χ3v) is 6.46. The molecule has 0 spiro atoms. The molecule has 1 heterocycles. The molecule has 0 bridgehead atoms. The molecule has 0 saturated carbocycles. The molecule has 2 aromatic rings. The maximum absolute atomic E-state index is 13.1. The summed E-state index contributed by atoms with van der Waals surface area (Å²) in [5.74, 6) is -0.112. The highest BCUT2D eigenvalue weighted by Gasteiger charge is 2.26. The van der Waals surface area contributed by atoms with Gasteiger partial charge in [0, 0.05) is 44.5 Å². The lowest BCUT2D eigenvalue weighted by molar-refractivity contribution is -0.137. The van der Waals surface area contributed by atoms with Gasteiger partial charge in [0.1, 0.15) is 5.75 Å². The Hall–Kier alpha value is -3.30. The predicted molar refractivity (Wildman–Crippen MR) is 150 cm³/mol. The standard InChI is InChI=1S/C29H41N3O6/c1-5-38-25-9-7-23(8-10-25)30-29(35)31-26-16-21(22(19-36-4)17-28(33)34)6-11-27(26)32(18-20(2)3)24-12-14-37-15-13-24/h6-11,16,20,22,24H,5,12-15,17-19H2,1-4H3,(H,33,34)(H2,30,31,35). The first-order chi connectivity index (χ1) is 18.3. The van der Waals surface area contributed by atoms with Crippen molar-refractivity contribution >= 4 is 29.1 Å². The second kappa shape index (κ2) is 14.6. The fourth-order valence-corrected chi connectivity index (χ4v) is 4.76. The van der Waals surface area contributed by atoms with E-state index in [0.717, 1.165) is 36.4 Å². The van der Waals surface area contributed by atoms with E-state index in [1.807, 2.05) is 37.3 Å². The van der Waals surface area contributed by atoms with Crippen LogP contribution in [0.2, 0.25) is 0 Å². The number of carbonyl (C=O) groups is 2. The van der Waals surface area contributed by atoms with Crippen LogP contribution in [-0.4, -0.2) is 63.2 Å². The molecule has 0 radical (unpaired) electrons. The highest BCUT2D eigenvalue weighted by Crippen LogP contribution is 2.35. The lowest BCUT2D eigenvalue weighted by Crippen LogP contribution is -2.42. The van der Waals surface area contributed by atoms with Crippen molar-refractivity contribution < 1.29 is 28.9 Å². The number of rotatable bonds is 13. The van der Waals surface area contributed by atoms with Crippen molar-refractivity contribution in [2.24, 2.45) is 5.92 Å². The first-order valence-corrected chi connectivity index (χ1v) is 13.3. The first-order valence-electron chi connectivity index (χ1n) is 13.3. The number of carbonyl (C=O) groups excluding carboxylic acids is 1. The van der Waals surface area contributed by atoms with Crippen molar-refractivity contribution in [3.05, 3.63) is 48.0 Å². The molecule has 2 aromatic carbocycles. The van der Waals surface area contributed by atoms with Gasteiger partial charge in [-0.3, -0.25) is 4.79 Å². The molecule has 208 valence electrons. The topological polar surface area (TPSA) is 109 Å². The van der Waals surface area contributed by atoms with Crippen LogP contribution in [0.15, 0.2) is 42.5 Å². The maximum Gasteiger partial charge on any atom is 0.323 e. The van der Waals surface area contributed by atoms with Gasteiger partial charge in [-0.2, -0.15) is 0 Å². The second-order valence-electron chi connectivity index (χ2n) is 9.95. The quantitative estimate of drug-likeness (QED) is 0.312. The van der Waals surface area contributed by atoms with Crippen LogP contribution in [0, 0.1) is 5.92 Å². The molecule has 0 aromatic heterocycles. The predicted octanol–water partition coefficient (Wildman–Crippen LogP) is 5.58. The molecule has 9 heteroatoms. The Bertz CT molecular complexity index is 1040. The number of methoxy groups -OCH3 is 1. The third-order valence-electron chi connectivity index (χ3n) is 6.46. The molecule has 1 aliphatic rings. The van der Waals surface area contributed by atoms with Crippen LogP contribution in [0.3, 0.4) is 0 Å². The van der Waals surface area contributed by atoms with Crippen LogP contribution in [0.1, 0.15) is 51.5 Å². The monoisotopic (exact) mass is 527 g/mol. The molecule has 1 saturated heterocycles. The van der Waals surface area contributed by atoms with E-state index in [4.69, 9.17) is 14.2 Å². The zero-order valence-corrected chi connectivity index (χ0v) is 22.9. The van der Waals surface area contributed by atoms with Crippen molar-refractivity contribution in [1.29, 1.82) is 0 Å². The van der Waals surface area contributed by atoms with Crippen LogP contribution in [-0.2, 0) is 14.3 Å². The summed E-state index contributed by atoms with van der Waals surface area (Å²) in [6, 6.07) is 12.9. The number of urea groups is 1. The van der Waals surface area contributed by atoms with Gasteiger partial charge in [0.15, 0.2) is 0 Å². The minimum Gasteiger partial charge on any atom is -0.494 e. The Morgan fingerprint density at radius 1 is 1.11 bits per heavy atom. The molecule has 1 atom stereocenters. The first kappa shape index (κ1) is 29.3. The maximum atomic E-state index is 13.1. The van der Waals surface area contributed by atoms with Gasteiger partial charge in [0.05, 0.1) is 31.0 Å². The number of anilines is 3. The lowest BCUT2D eigenvalue weighted by atomic mass is 9.94. The molecule has 0 aliphatic carbocycles. The summed E-state index contributed by atoms with van der Waals surface area (Å²) in [4.78, 5) is 27.0. The van der Waals surface area contributed by atoms with Crippen LogP contribution in [0.4, 0.5) is 21.9 Å². The number of nitrogens with zero attached hydrogens (tertiary/aromatic N) is 1. The molecule has 3 rings (SSSR count). The van der Waals surface area contributed by atoms with Crippen molar-refractivity contribution in [3.8, 4) is 5.75 Å². The van der Waals surface area contributed by atoms with Crippen LogP contribution < -0.4 is 20.3 Å². The Labute approximate surface area is 225 Å². The van der Waals surface area contributed by atoms with E-state index in [1.54, 1.807) is 19.2 Å². The summed E-state index contributed by atoms with van der Waals surface area (Å²) < 4.78 is 16.4. The summed E-state index contributed by atoms with van der Waals surface area (Å²) in [6.07, 6.45) is 1.73. The number of ether oxygens (including phenoxy) is 3. The summed E-state index contributed by atoms with van der Waals surface area (Å²) in [7, 11) is 1.56. The van der Waals surface area contributed by atoms with Crippen LogP contribution in [0.25, 0.3) is 0 Å². The highest BCUT2D eigenvalue weighted by atomic mass is 16.5. The van der Waals surface area contributed by atoms with E-state index < -0.39 is 5.97 Å². The van der Waals surface area contributed by atoms with Gasteiger partial charge in [-0.1, -0.05) is 19.9 Å². The number of carboxylic acid groups (broad SMARTS) is 1. The Morgan fingerprint density at radius 3 is 2.42 bits per heavy atom. The van der Waals surface area contributed by atoms with Gasteiger partial charge >= 0.3 is 12.0 Å². The fraction of sp³-hybridized carbons (Fsp3) is 0.517. The fourth-order valence-electron chi connectivity index (χ4n) is 4.76. The number of nitrogens with one attached hydrogen (secondary N) is 2. The SMILES string of the molecule is CCOc1ccc(NC(=O)Nc2cc(C(COC)CC(=O)O)ccc2N(CC(C)C)C2CCOCC2)cc1. The summed E-state index contributed by atoms with van der Waals surface area (Å²) in [6.45, 7) is 9.32. The molecule has 1 aliphatic heterocycles. The van der Waals surface area contributed by atoms with Gasteiger partial charge in [0.2, 0.25) is 0 Å². The zero-order valence-electron chi connectivity index (χ0n) is 22.9. The van der Waals surface area contributed by atoms with Gasteiger partial charge in [0.25, 0.3) is 0 Å². The van der Waals surface area contributed by atoms with Crippen molar-refractivity contribution in [1.82, 2.24) is 0 Å². The molecular formula is C29H41N3O6. The van der Waals surface area contributed by atoms with Gasteiger partial charge in [-0.05, 0) is 67.6 Å². The number of carboxylic acids is 1. The van der Waals surface area contributed by atoms with Crippen LogP contribution in [0.5, 0.6) is 5.75 Å². The van der Waals surface area contributed by atoms with E-state index in [9.17, 15) is 14.7 Å². The summed E-state index contributed by atoms with van der Waals surface area (Å²) in [5.41, 5.74) is 2.97. The van der Waals surface area contributed by atoms with Crippen molar-refractivity contribution in [2.75, 3.05) is 55.6 Å². The summed E-state index contributed by atoms with van der Waals surface area (Å²) in [5, 5.41) is 15.4. The minimum absolute atomic E-state index is 0.0688. The van der Waals surface area contributed by atoms with E-state index in [2.05, 4.69) is 29.4 Å².